The summed E-state index contributed by atoms with van der Waals surface area (Å²) >= 11 is 5.53. The molecule has 0 heterocycles. The zero-order valence-corrected chi connectivity index (χ0v) is 16.0. The standard InChI is InChI=1S/C21H15ClF3N3O2/c22-18-11-10-16(12-17(18)21(23,24)25)28-20(30)19(29)27-15-8-6-14(7-9-15)26-13-4-2-1-3-5-13/h1-12,26H,(H,27,29)(H,28,30). The zero-order chi connectivity index (χ0) is 21.7. The van der Waals surface area contributed by atoms with E-state index in [1.165, 1.54) is 6.07 Å². The van der Waals surface area contributed by atoms with Crippen molar-refractivity contribution >= 4 is 46.2 Å². The van der Waals surface area contributed by atoms with Crippen molar-refractivity contribution in [1.29, 1.82) is 0 Å². The highest BCUT2D eigenvalue weighted by atomic mass is 35.5. The normalized spacial score (nSPS) is 10.9. The zero-order valence-electron chi connectivity index (χ0n) is 15.3. The number of anilines is 4. The lowest BCUT2D eigenvalue weighted by Gasteiger charge is -2.12. The Morgan fingerprint density at radius 3 is 1.80 bits per heavy atom. The molecule has 0 saturated heterocycles. The Morgan fingerprint density at radius 1 is 0.700 bits per heavy atom. The Kier molecular flexibility index (Phi) is 6.27. The van der Waals surface area contributed by atoms with Gasteiger partial charge >= 0.3 is 18.0 Å². The third-order valence-corrected chi connectivity index (χ3v) is 4.27. The smallest absolute Gasteiger partial charge is 0.356 e. The molecule has 0 aliphatic carbocycles. The van der Waals surface area contributed by atoms with Crippen LogP contribution in [0, 0.1) is 0 Å². The third kappa shape index (κ3) is 5.51. The van der Waals surface area contributed by atoms with E-state index in [-0.39, 0.29) is 5.69 Å². The van der Waals surface area contributed by atoms with Gasteiger partial charge in [-0.3, -0.25) is 9.59 Å². The van der Waals surface area contributed by atoms with Gasteiger partial charge in [-0.1, -0.05) is 29.8 Å². The number of hydrogen-bond acceptors (Lipinski definition) is 3. The van der Waals surface area contributed by atoms with Gasteiger partial charge in [-0.25, -0.2) is 0 Å². The van der Waals surface area contributed by atoms with Crippen LogP contribution >= 0.6 is 11.6 Å². The molecular formula is C21H15ClF3N3O2. The van der Waals surface area contributed by atoms with E-state index in [4.69, 9.17) is 11.6 Å². The van der Waals surface area contributed by atoms with Crippen molar-refractivity contribution in [3.63, 3.8) is 0 Å². The maximum Gasteiger partial charge on any atom is 0.417 e. The van der Waals surface area contributed by atoms with Crippen LogP contribution in [-0.2, 0) is 15.8 Å². The highest BCUT2D eigenvalue weighted by molar-refractivity contribution is 6.43. The monoisotopic (exact) mass is 433 g/mol. The summed E-state index contributed by atoms with van der Waals surface area (Å²) in [6.45, 7) is 0. The van der Waals surface area contributed by atoms with Crippen molar-refractivity contribution in [1.82, 2.24) is 0 Å². The molecule has 3 rings (SSSR count). The minimum Gasteiger partial charge on any atom is -0.356 e. The lowest BCUT2D eigenvalue weighted by Crippen LogP contribution is -2.29. The molecular weight excluding hydrogens is 419 g/mol. The summed E-state index contributed by atoms with van der Waals surface area (Å²) in [7, 11) is 0. The molecule has 0 saturated carbocycles. The van der Waals surface area contributed by atoms with Crippen molar-refractivity contribution in [2.45, 2.75) is 6.18 Å². The second-order valence-corrected chi connectivity index (χ2v) is 6.58. The summed E-state index contributed by atoms with van der Waals surface area (Å²) in [6, 6.07) is 18.8. The van der Waals surface area contributed by atoms with Crippen LogP contribution in [0.15, 0.2) is 72.8 Å². The topological polar surface area (TPSA) is 70.2 Å². The minimum atomic E-state index is -4.68. The van der Waals surface area contributed by atoms with E-state index in [0.29, 0.717) is 11.8 Å². The van der Waals surface area contributed by atoms with Crippen LogP contribution < -0.4 is 16.0 Å². The fourth-order valence-corrected chi connectivity index (χ4v) is 2.75. The van der Waals surface area contributed by atoms with Crippen LogP contribution in [0.25, 0.3) is 0 Å². The number of halogens is 4. The maximum absolute atomic E-state index is 12.9. The lowest BCUT2D eigenvalue weighted by molar-refractivity contribution is -0.137. The molecule has 0 aliphatic heterocycles. The first-order valence-electron chi connectivity index (χ1n) is 8.63. The average molecular weight is 434 g/mol. The van der Waals surface area contributed by atoms with Crippen LogP contribution in [0.1, 0.15) is 5.56 Å². The van der Waals surface area contributed by atoms with Crippen LogP contribution in [0.5, 0.6) is 0 Å². The molecule has 3 aromatic rings. The van der Waals surface area contributed by atoms with E-state index < -0.39 is 28.6 Å². The first kappa shape index (κ1) is 21.2. The predicted octanol–water partition coefficient (Wildman–Crippen LogP) is 5.68. The van der Waals surface area contributed by atoms with Crippen LogP contribution in [0.4, 0.5) is 35.9 Å². The van der Waals surface area contributed by atoms with Gasteiger partial charge in [0.1, 0.15) is 0 Å². The molecule has 9 heteroatoms. The SMILES string of the molecule is O=C(Nc1ccc(Nc2ccccc2)cc1)C(=O)Nc1ccc(Cl)c(C(F)(F)F)c1. The Labute approximate surface area is 174 Å². The number of benzene rings is 3. The first-order chi connectivity index (χ1) is 14.2. The summed E-state index contributed by atoms with van der Waals surface area (Å²) in [6.07, 6.45) is -4.68. The molecule has 0 aliphatic rings. The second-order valence-electron chi connectivity index (χ2n) is 6.17. The van der Waals surface area contributed by atoms with Gasteiger partial charge in [-0.05, 0) is 54.6 Å². The number of para-hydroxylation sites is 1. The van der Waals surface area contributed by atoms with E-state index in [2.05, 4.69) is 16.0 Å². The van der Waals surface area contributed by atoms with Gasteiger partial charge in [0, 0.05) is 22.7 Å². The van der Waals surface area contributed by atoms with E-state index in [0.717, 1.165) is 17.4 Å². The highest BCUT2D eigenvalue weighted by Crippen LogP contribution is 2.36. The molecule has 2 amide bonds. The van der Waals surface area contributed by atoms with Crippen LogP contribution in [-0.4, -0.2) is 11.8 Å². The Hall–Kier alpha value is -3.52. The quantitative estimate of drug-likeness (QED) is 0.464. The summed E-state index contributed by atoms with van der Waals surface area (Å²) in [4.78, 5) is 24.1. The molecule has 0 radical (unpaired) electrons. The molecule has 5 nitrogen and oxygen atoms in total. The first-order valence-corrected chi connectivity index (χ1v) is 9.01. The second kappa shape index (κ2) is 8.87. The predicted molar refractivity (Wildman–Crippen MR) is 110 cm³/mol. The molecule has 0 unspecified atom stereocenters. The average Bonchev–Trinajstić information content (AvgIpc) is 2.71. The number of carbonyl (C=O) groups excluding carboxylic acids is 2. The molecule has 0 atom stereocenters. The Morgan fingerprint density at radius 2 is 1.20 bits per heavy atom. The molecule has 0 fully saturated rings. The molecule has 0 bridgehead atoms. The summed E-state index contributed by atoms with van der Waals surface area (Å²) < 4.78 is 38.7. The summed E-state index contributed by atoms with van der Waals surface area (Å²) in [5, 5.41) is 7.17. The van der Waals surface area contributed by atoms with E-state index in [1.54, 1.807) is 24.3 Å². The Balaban J connectivity index is 1.61. The van der Waals surface area contributed by atoms with Crippen molar-refractivity contribution in [2.24, 2.45) is 0 Å². The van der Waals surface area contributed by atoms with Gasteiger partial charge in [0.15, 0.2) is 0 Å². The largest absolute Gasteiger partial charge is 0.417 e. The fraction of sp³-hybridized carbons (Fsp3) is 0.0476. The van der Waals surface area contributed by atoms with Crippen molar-refractivity contribution in [3.05, 3.63) is 83.4 Å². The molecule has 3 aromatic carbocycles. The molecule has 30 heavy (non-hydrogen) atoms. The van der Waals surface area contributed by atoms with E-state index in [1.807, 2.05) is 30.3 Å². The number of alkyl halides is 3. The third-order valence-electron chi connectivity index (χ3n) is 3.94. The van der Waals surface area contributed by atoms with Crippen molar-refractivity contribution in [3.8, 4) is 0 Å². The van der Waals surface area contributed by atoms with Gasteiger partial charge < -0.3 is 16.0 Å². The van der Waals surface area contributed by atoms with Gasteiger partial charge in [0.25, 0.3) is 0 Å². The van der Waals surface area contributed by atoms with Gasteiger partial charge in [0.2, 0.25) is 0 Å². The van der Waals surface area contributed by atoms with Crippen LogP contribution in [0.2, 0.25) is 5.02 Å². The summed E-state index contributed by atoms with van der Waals surface area (Å²) in [5.41, 5.74) is 0.693. The number of nitrogens with one attached hydrogen (secondary N) is 3. The molecule has 0 spiro atoms. The number of amides is 2. The molecule has 154 valence electrons. The fourth-order valence-electron chi connectivity index (χ4n) is 2.52. The van der Waals surface area contributed by atoms with Gasteiger partial charge in [-0.15, -0.1) is 0 Å². The van der Waals surface area contributed by atoms with Crippen molar-refractivity contribution in [2.75, 3.05) is 16.0 Å². The van der Waals surface area contributed by atoms with E-state index in [9.17, 15) is 22.8 Å². The Bertz CT molecular complexity index is 1060. The van der Waals surface area contributed by atoms with Crippen molar-refractivity contribution < 1.29 is 22.8 Å². The number of rotatable bonds is 4. The highest BCUT2D eigenvalue weighted by Gasteiger charge is 2.33. The number of hydrogen-bond donors (Lipinski definition) is 3. The molecule has 3 N–H and O–H groups in total. The van der Waals surface area contributed by atoms with Gasteiger partial charge in [0.05, 0.1) is 10.6 Å². The summed E-state index contributed by atoms with van der Waals surface area (Å²) in [5.74, 6) is -2.14. The number of carbonyl (C=O) groups is 2. The molecule has 0 aromatic heterocycles. The lowest BCUT2D eigenvalue weighted by atomic mass is 10.2. The van der Waals surface area contributed by atoms with Gasteiger partial charge in [-0.2, -0.15) is 13.2 Å². The maximum atomic E-state index is 12.9. The van der Waals surface area contributed by atoms with E-state index >= 15 is 0 Å². The minimum absolute atomic E-state index is 0.200. The van der Waals surface area contributed by atoms with Crippen LogP contribution in [0.3, 0.4) is 0 Å².